The zero-order valence-corrected chi connectivity index (χ0v) is 14.1. The van der Waals surface area contributed by atoms with Crippen LogP contribution in [0.1, 0.15) is 32.1 Å². The Hall–Kier alpha value is -1.85. The van der Waals surface area contributed by atoms with Crippen molar-refractivity contribution in [2.45, 2.75) is 38.6 Å². The molecule has 0 radical (unpaired) electrons. The van der Waals surface area contributed by atoms with E-state index < -0.39 is 0 Å². The van der Waals surface area contributed by atoms with Crippen molar-refractivity contribution in [2.75, 3.05) is 32.1 Å². The Labute approximate surface area is 137 Å². The van der Waals surface area contributed by atoms with Crippen molar-refractivity contribution in [3.63, 3.8) is 0 Å². The summed E-state index contributed by atoms with van der Waals surface area (Å²) in [6.45, 7) is 1.72. The fraction of sp³-hybridized carbons (Fsp3) is 0.706. The standard InChI is InChI=1S/C17H26N4O2/c1-19(2)15-9-16(22)21(18-10-15)12-17(23)20-8-7-13-5-3-4-6-14(13)11-20/h9-10,13-14H,3-8,11-12H2,1-2H3/t13-,14-/m0/s1. The molecule has 1 aliphatic heterocycles. The van der Waals surface area contributed by atoms with Gasteiger partial charge in [0.2, 0.25) is 5.91 Å². The van der Waals surface area contributed by atoms with Gasteiger partial charge in [-0.05, 0) is 24.7 Å². The minimum absolute atomic E-state index is 0.0150. The molecule has 1 saturated heterocycles. The molecule has 6 heteroatoms. The lowest BCUT2D eigenvalue weighted by molar-refractivity contribution is -0.135. The van der Waals surface area contributed by atoms with Crippen molar-refractivity contribution >= 4 is 11.6 Å². The maximum Gasteiger partial charge on any atom is 0.269 e. The number of hydrogen-bond acceptors (Lipinski definition) is 4. The summed E-state index contributed by atoms with van der Waals surface area (Å²) in [5.74, 6) is 1.47. The average Bonchev–Trinajstić information content (AvgIpc) is 2.56. The molecule has 2 atom stereocenters. The van der Waals surface area contributed by atoms with Crippen LogP contribution in [-0.4, -0.2) is 47.8 Å². The van der Waals surface area contributed by atoms with Gasteiger partial charge in [0.1, 0.15) is 6.54 Å². The molecular weight excluding hydrogens is 292 g/mol. The van der Waals surface area contributed by atoms with Gasteiger partial charge in [-0.15, -0.1) is 0 Å². The van der Waals surface area contributed by atoms with Crippen LogP contribution < -0.4 is 10.5 Å². The van der Waals surface area contributed by atoms with Crippen molar-refractivity contribution in [2.24, 2.45) is 11.8 Å². The second-order valence-electron chi connectivity index (χ2n) is 7.04. The smallest absolute Gasteiger partial charge is 0.269 e. The quantitative estimate of drug-likeness (QED) is 0.844. The van der Waals surface area contributed by atoms with E-state index in [1.54, 1.807) is 6.20 Å². The molecule has 1 aromatic rings. The third-order valence-corrected chi connectivity index (χ3v) is 5.30. The molecule has 0 aromatic carbocycles. The lowest BCUT2D eigenvalue weighted by atomic mass is 9.75. The van der Waals surface area contributed by atoms with E-state index in [1.165, 1.54) is 36.4 Å². The number of amides is 1. The van der Waals surface area contributed by atoms with Crippen molar-refractivity contribution in [1.82, 2.24) is 14.7 Å². The first-order valence-electron chi connectivity index (χ1n) is 8.57. The van der Waals surface area contributed by atoms with Crippen LogP contribution >= 0.6 is 0 Å². The summed E-state index contributed by atoms with van der Waals surface area (Å²) in [6.07, 6.45) is 7.92. The predicted molar refractivity (Wildman–Crippen MR) is 89.5 cm³/mol. The van der Waals surface area contributed by atoms with Gasteiger partial charge in [-0.3, -0.25) is 9.59 Å². The third-order valence-electron chi connectivity index (χ3n) is 5.30. The first-order valence-corrected chi connectivity index (χ1v) is 8.57. The topological polar surface area (TPSA) is 58.4 Å². The molecule has 126 valence electrons. The SMILES string of the molecule is CN(C)c1cnn(CC(=O)N2CC[C@@H]3CCCC[C@H]3C2)c(=O)c1. The molecule has 1 aliphatic carbocycles. The van der Waals surface area contributed by atoms with Gasteiger partial charge in [-0.2, -0.15) is 5.10 Å². The molecule has 0 N–H and O–H groups in total. The van der Waals surface area contributed by atoms with E-state index in [9.17, 15) is 9.59 Å². The van der Waals surface area contributed by atoms with E-state index in [-0.39, 0.29) is 18.0 Å². The van der Waals surface area contributed by atoms with E-state index in [2.05, 4.69) is 5.10 Å². The first kappa shape index (κ1) is 16.0. The molecule has 2 heterocycles. The van der Waals surface area contributed by atoms with Crippen LogP contribution in [0.5, 0.6) is 0 Å². The fourth-order valence-corrected chi connectivity index (χ4v) is 3.84. The molecule has 0 bridgehead atoms. The number of carbonyl (C=O) groups is 1. The minimum Gasteiger partial charge on any atom is -0.376 e. The number of aromatic nitrogens is 2. The van der Waals surface area contributed by atoms with Crippen LogP contribution in [0.15, 0.2) is 17.1 Å². The van der Waals surface area contributed by atoms with Crippen LogP contribution in [0.4, 0.5) is 5.69 Å². The molecule has 2 fully saturated rings. The van der Waals surface area contributed by atoms with Gasteiger partial charge in [0.25, 0.3) is 5.56 Å². The van der Waals surface area contributed by atoms with Crippen LogP contribution in [0.2, 0.25) is 0 Å². The van der Waals surface area contributed by atoms with Gasteiger partial charge < -0.3 is 9.80 Å². The van der Waals surface area contributed by atoms with E-state index in [4.69, 9.17) is 0 Å². The predicted octanol–water partition coefficient (Wildman–Crippen LogP) is 1.35. The van der Waals surface area contributed by atoms with Crippen LogP contribution in [0.25, 0.3) is 0 Å². The van der Waals surface area contributed by atoms with Gasteiger partial charge >= 0.3 is 0 Å². The highest BCUT2D eigenvalue weighted by Crippen LogP contribution is 2.36. The zero-order chi connectivity index (χ0) is 16.4. The Kier molecular flexibility index (Phi) is 4.68. The van der Waals surface area contributed by atoms with Gasteiger partial charge in [-0.1, -0.05) is 19.3 Å². The molecule has 1 amide bonds. The molecule has 23 heavy (non-hydrogen) atoms. The number of carbonyl (C=O) groups excluding carboxylic acids is 1. The van der Waals surface area contributed by atoms with Gasteiger partial charge in [0.05, 0.1) is 11.9 Å². The summed E-state index contributed by atoms with van der Waals surface area (Å²) in [7, 11) is 3.72. The summed E-state index contributed by atoms with van der Waals surface area (Å²) in [5, 5.41) is 4.13. The third kappa shape index (κ3) is 3.57. The van der Waals surface area contributed by atoms with Crippen molar-refractivity contribution in [3.05, 3.63) is 22.6 Å². The normalized spacial score (nSPS) is 24.2. The molecule has 1 saturated carbocycles. The Balaban J connectivity index is 1.64. The van der Waals surface area contributed by atoms with Gasteiger partial charge in [-0.25, -0.2) is 4.68 Å². The Bertz CT molecular complexity index is 625. The van der Waals surface area contributed by atoms with Crippen LogP contribution in [-0.2, 0) is 11.3 Å². The minimum atomic E-state index is -0.225. The number of nitrogens with zero attached hydrogens (tertiary/aromatic N) is 4. The van der Waals surface area contributed by atoms with Gasteiger partial charge in [0, 0.05) is 33.3 Å². The van der Waals surface area contributed by atoms with E-state index in [0.29, 0.717) is 5.92 Å². The second kappa shape index (κ2) is 6.72. The second-order valence-corrected chi connectivity index (χ2v) is 7.04. The fourth-order valence-electron chi connectivity index (χ4n) is 3.84. The molecule has 6 nitrogen and oxygen atoms in total. The van der Waals surface area contributed by atoms with E-state index in [1.807, 2.05) is 23.9 Å². The van der Waals surface area contributed by atoms with Crippen molar-refractivity contribution < 1.29 is 4.79 Å². The Morgan fingerprint density at radius 1 is 1.26 bits per heavy atom. The van der Waals surface area contributed by atoms with Crippen molar-refractivity contribution in [3.8, 4) is 0 Å². The molecule has 3 rings (SSSR count). The number of rotatable bonds is 3. The first-order chi connectivity index (χ1) is 11.0. The largest absolute Gasteiger partial charge is 0.376 e. The molecule has 0 unspecified atom stereocenters. The lowest BCUT2D eigenvalue weighted by Crippen LogP contribution is -2.46. The number of piperidine rings is 1. The molecule has 1 aromatic heterocycles. The summed E-state index contributed by atoms with van der Waals surface area (Å²) >= 11 is 0. The zero-order valence-electron chi connectivity index (χ0n) is 14.1. The van der Waals surface area contributed by atoms with Crippen LogP contribution in [0, 0.1) is 11.8 Å². The molecular formula is C17H26N4O2. The molecule has 0 spiro atoms. The number of fused-ring (bicyclic) bond motifs is 1. The average molecular weight is 318 g/mol. The molecule has 2 aliphatic rings. The van der Waals surface area contributed by atoms with Crippen molar-refractivity contribution in [1.29, 1.82) is 0 Å². The van der Waals surface area contributed by atoms with E-state index in [0.717, 1.165) is 31.1 Å². The number of anilines is 1. The van der Waals surface area contributed by atoms with Gasteiger partial charge in [0.15, 0.2) is 0 Å². The summed E-state index contributed by atoms with van der Waals surface area (Å²) < 4.78 is 1.27. The van der Waals surface area contributed by atoms with Crippen LogP contribution in [0.3, 0.4) is 0 Å². The number of likely N-dealkylation sites (tertiary alicyclic amines) is 1. The Morgan fingerprint density at radius 2 is 2.00 bits per heavy atom. The summed E-state index contributed by atoms with van der Waals surface area (Å²) in [4.78, 5) is 28.4. The lowest BCUT2D eigenvalue weighted by Gasteiger charge is -2.41. The number of hydrogen-bond donors (Lipinski definition) is 0. The summed E-state index contributed by atoms with van der Waals surface area (Å²) in [5.41, 5.74) is 0.527. The maximum absolute atomic E-state index is 12.5. The highest BCUT2D eigenvalue weighted by atomic mass is 16.2. The highest BCUT2D eigenvalue weighted by molar-refractivity contribution is 5.76. The van der Waals surface area contributed by atoms with E-state index >= 15 is 0 Å². The monoisotopic (exact) mass is 318 g/mol. The maximum atomic E-state index is 12.5. The highest BCUT2D eigenvalue weighted by Gasteiger charge is 2.32. The Morgan fingerprint density at radius 3 is 2.70 bits per heavy atom. The summed E-state index contributed by atoms with van der Waals surface area (Å²) in [6, 6.07) is 1.52.